The Morgan fingerprint density at radius 1 is 1.27 bits per heavy atom. The van der Waals surface area contributed by atoms with Crippen LogP contribution >= 0.6 is 0 Å². The van der Waals surface area contributed by atoms with E-state index < -0.39 is 0 Å². The maximum absolute atomic E-state index is 11.6. The predicted molar refractivity (Wildman–Crippen MR) is 58.9 cm³/mol. The standard InChI is InChI=1S/C11H21N3O/c1-2-13-6-3-11(4-7-13)5-8-14(12)10(15)9-11/h2-9,12H2,1H3. The van der Waals surface area contributed by atoms with E-state index in [9.17, 15) is 4.79 Å². The summed E-state index contributed by atoms with van der Waals surface area (Å²) in [7, 11) is 0. The largest absolute Gasteiger partial charge is 0.304 e. The molecule has 2 aliphatic rings. The predicted octanol–water partition coefficient (Wildman–Crippen LogP) is 0.585. The van der Waals surface area contributed by atoms with Crippen molar-refractivity contribution < 1.29 is 4.79 Å². The van der Waals surface area contributed by atoms with Gasteiger partial charge in [0, 0.05) is 13.0 Å². The molecule has 0 unspecified atom stereocenters. The number of nitrogens with zero attached hydrogens (tertiary/aromatic N) is 2. The van der Waals surface area contributed by atoms with Gasteiger partial charge in [0.15, 0.2) is 0 Å². The summed E-state index contributed by atoms with van der Waals surface area (Å²) in [6.07, 6.45) is 4.09. The van der Waals surface area contributed by atoms with Gasteiger partial charge in [0.2, 0.25) is 5.91 Å². The van der Waals surface area contributed by atoms with E-state index in [-0.39, 0.29) is 11.3 Å². The molecule has 15 heavy (non-hydrogen) atoms. The highest BCUT2D eigenvalue weighted by molar-refractivity contribution is 5.77. The van der Waals surface area contributed by atoms with Gasteiger partial charge in [0.1, 0.15) is 0 Å². The van der Waals surface area contributed by atoms with Gasteiger partial charge in [-0.1, -0.05) is 6.92 Å². The third kappa shape index (κ3) is 2.16. The van der Waals surface area contributed by atoms with Crippen molar-refractivity contribution >= 4 is 5.91 Å². The Balaban J connectivity index is 1.95. The van der Waals surface area contributed by atoms with Gasteiger partial charge in [-0.2, -0.15) is 0 Å². The molecular weight excluding hydrogens is 190 g/mol. The normalized spacial score (nSPS) is 27.3. The Hall–Kier alpha value is -0.610. The van der Waals surface area contributed by atoms with Crippen LogP contribution < -0.4 is 5.84 Å². The summed E-state index contributed by atoms with van der Waals surface area (Å²) in [6, 6.07) is 0. The van der Waals surface area contributed by atoms with Gasteiger partial charge >= 0.3 is 0 Å². The fourth-order valence-electron chi connectivity index (χ4n) is 2.76. The number of nitrogens with two attached hydrogens (primary N) is 1. The van der Waals surface area contributed by atoms with Crippen LogP contribution in [0.15, 0.2) is 0 Å². The Morgan fingerprint density at radius 3 is 2.40 bits per heavy atom. The van der Waals surface area contributed by atoms with Crippen LogP contribution in [0.2, 0.25) is 0 Å². The molecule has 2 fully saturated rings. The van der Waals surface area contributed by atoms with E-state index in [0.29, 0.717) is 6.42 Å². The number of rotatable bonds is 1. The molecule has 2 rings (SSSR count). The van der Waals surface area contributed by atoms with Gasteiger partial charge in [-0.05, 0) is 44.3 Å². The van der Waals surface area contributed by atoms with Crippen LogP contribution in [0.4, 0.5) is 0 Å². The average Bonchev–Trinajstić information content (AvgIpc) is 2.26. The molecule has 86 valence electrons. The second-order valence-corrected chi connectivity index (χ2v) is 4.95. The third-order valence-electron chi connectivity index (χ3n) is 4.09. The number of carbonyl (C=O) groups is 1. The monoisotopic (exact) mass is 211 g/mol. The molecule has 2 aliphatic heterocycles. The SMILES string of the molecule is CCN1CCC2(CC1)CCN(N)C(=O)C2. The first kappa shape index (κ1) is 10.9. The number of hydrazine groups is 1. The summed E-state index contributed by atoms with van der Waals surface area (Å²) >= 11 is 0. The summed E-state index contributed by atoms with van der Waals surface area (Å²) < 4.78 is 0. The van der Waals surface area contributed by atoms with E-state index in [1.807, 2.05) is 0 Å². The molecule has 1 amide bonds. The fourth-order valence-corrected chi connectivity index (χ4v) is 2.76. The molecule has 1 spiro atoms. The second kappa shape index (κ2) is 4.10. The van der Waals surface area contributed by atoms with Crippen molar-refractivity contribution in [1.29, 1.82) is 0 Å². The lowest BCUT2D eigenvalue weighted by molar-refractivity contribution is -0.140. The van der Waals surface area contributed by atoms with Crippen LogP contribution in [0.25, 0.3) is 0 Å². The topological polar surface area (TPSA) is 49.6 Å². The van der Waals surface area contributed by atoms with Crippen molar-refractivity contribution in [2.24, 2.45) is 11.3 Å². The highest BCUT2D eigenvalue weighted by Crippen LogP contribution is 2.40. The maximum atomic E-state index is 11.6. The number of amides is 1. The van der Waals surface area contributed by atoms with Crippen molar-refractivity contribution in [2.45, 2.75) is 32.6 Å². The zero-order chi connectivity index (χ0) is 10.9. The van der Waals surface area contributed by atoms with Crippen LogP contribution in [0.5, 0.6) is 0 Å². The van der Waals surface area contributed by atoms with Crippen molar-refractivity contribution in [3.8, 4) is 0 Å². The number of carbonyl (C=O) groups excluding carboxylic acids is 1. The summed E-state index contributed by atoms with van der Waals surface area (Å²) in [6.45, 7) is 6.37. The zero-order valence-corrected chi connectivity index (χ0v) is 9.54. The molecule has 0 aromatic heterocycles. The van der Waals surface area contributed by atoms with Crippen molar-refractivity contribution in [1.82, 2.24) is 9.91 Å². The Bertz CT molecular complexity index is 246. The molecule has 2 heterocycles. The molecule has 0 radical (unpaired) electrons. The van der Waals surface area contributed by atoms with E-state index in [1.165, 1.54) is 17.9 Å². The Labute approximate surface area is 91.4 Å². The smallest absolute Gasteiger partial charge is 0.237 e. The minimum Gasteiger partial charge on any atom is -0.304 e. The first-order valence-electron chi connectivity index (χ1n) is 5.93. The highest BCUT2D eigenvalue weighted by Gasteiger charge is 2.40. The van der Waals surface area contributed by atoms with Gasteiger partial charge in [-0.25, -0.2) is 5.84 Å². The van der Waals surface area contributed by atoms with Crippen LogP contribution in [0.1, 0.15) is 32.6 Å². The maximum Gasteiger partial charge on any atom is 0.237 e. The van der Waals surface area contributed by atoms with Crippen molar-refractivity contribution in [3.05, 3.63) is 0 Å². The summed E-state index contributed by atoms with van der Waals surface area (Å²) in [4.78, 5) is 14.1. The van der Waals surface area contributed by atoms with Gasteiger partial charge in [-0.3, -0.25) is 9.80 Å². The van der Waals surface area contributed by atoms with Crippen LogP contribution in [-0.2, 0) is 4.79 Å². The van der Waals surface area contributed by atoms with E-state index in [0.717, 1.165) is 32.6 Å². The molecule has 0 aromatic rings. The number of likely N-dealkylation sites (tertiary alicyclic amines) is 1. The lowest BCUT2D eigenvalue weighted by Crippen LogP contribution is -2.51. The van der Waals surface area contributed by atoms with Crippen LogP contribution in [-0.4, -0.2) is 42.0 Å². The Kier molecular flexibility index (Phi) is 2.98. The van der Waals surface area contributed by atoms with E-state index in [1.54, 1.807) is 0 Å². The fraction of sp³-hybridized carbons (Fsp3) is 0.909. The number of hydrogen-bond acceptors (Lipinski definition) is 3. The lowest BCUT2D eigenvalue weighted by atomic mass is 9.71. The molecule has 0 aromatic carbocycles. The van der Waals surface area contributed by atoms with Gasteiger partial charge in [-0.15, -0.1) is 0 Å². The lowest BCUT2D eigenvalue weighted by Gasteiger charge is -2.45. The number of piperidine rings is 2. The highest BCUT2D eigenvalue weighted by atomic mass is 16.2. The summed E-state index contributed by atoms with van der Waals surface area (Å²) in [5.41, 5.74) is 0.276. The van der Waals surface area contributed by atoms with Crippen molar-refractivity contribution in [3.63, 3.8) is 0 Å². The summed E-state index contributed by atoms with van der Waals surface area (Å²) in [5, 5.41) is 1.39. The molecular formula is C11H21N3O. The minimum absolute atomic E-state index is 0.131. The van der Waals surface area contributed by atoms with Gasteiger partial charge < -0.3 is 4.90 Å². The van der Waals surface area contributed by atoms with Crippen molar-refractivity contribution in [2.75, 3.05) is 26.2 Å². The molecule has 2 N–H and O–H groups in total. The number of hydrogen-bond donors (Lipinski definition) is 1. The Morgan fingerprint density at radius 2 is 1.87 bits per heavy atom. The van der Waals surface area contributed by atoms with Gasteiger partial charge in [0.05, 0.1) is 0 Å². The second-order valence-electron chi connectivity index (χ2n) is 4.95. The van der Waals surface area contributed by atoms with E-state index in [2.05, 4.69) is 11.8 Å². The molecule has 4 heteroatoms. The molecule has 4 nitrogen and oxygen atoms in total. The summed E-state index contributed by atoms with van der Waals surface area (Å²) in [5.74, 6) is 5.73. The first-order chi connectivity index (χ1) is 7.15. The van der Waals surface area contributed by atoms with E-state index >= 15 is 0 Å². The molecule has 0 bridgehead atoms. The molecule has 0 aliphatic carbocycles. The van der Waals surface area contributed by atoms with Crippen LogP contribution in [0.3, 0.4) is 0 Å². The zero-order valence-electron chi connectivity index (χ0n) is 9.54. The molecule has 2 saturated heterocycles. The average molecular weight is 211 g/mol. The quantitative estimate of drug-likeness (QED) is 0.510. The molecule has 0 saturated carbocycles. The van der Waals surface area contributed by atoms with Gasteiger partial charge in [0.25, 0.3) is 0 Å². The minimum atomic E-state index is 0.131. The first-order valence-corrected chi connectivity index (χ1v) is 5.93. The molecule has 0 atom stereocenters. The van der Waals surface area contributed by atoms with E-state index in [4.69, 9.17) is 5.84 Å². The third-order valence-corrected chi connectivity index (χ3v) is 4.09. The van der Waals surface area contributed by atoms with Crippen LogP contribution in [0, 0.1) is 5.41 Å².